The fourth-order valence-electron chi connectivity index (χ4n) is 1.33. The molecule has 1 rings (SSSR count). The van der Waals surface area contributed by atoms with E-state index in [-0.39, 0.29) is 6.42 Å². The van der Waals surface area contributed by atoms with Crippen LogP contribution in [0.2, 0.25) is 0 Å². The van der Waals surface area contributed by atoms with Gasteiger partial charge in [-0.25, -0.2) is 0 Å². The minimum absolute atomic E-state index is 0.135. The number of anilines is 1. The number of carboxylic acid groups (broad SMARTS) is 1. The molecule has 0 heterocycles. The Kier molecular flexibility index (Phi) is 3.51. The molecule has 0 bridgehead atoms. The third kappa shape index (κ3) is 2.76. The number of nitrogens with two attached hydrogens (primary N) is 1. The van der Waals surface area contributed by atoms with E-state index in [4.69, 9.17) is 10.8 Å². The number of carboxylic acids is 1. The van der Waals surface area contributed by atoms with Crippen molar-refractivity contribution in [3.8, 4) is 0 Å². The number of carbonyl (C=O) groups is 1. The van der Waals surface area contributed by atoms with Crippen LogP contribution >= 0.6 is 0 Å². The molecule has 3 nitrogen and oxygen atoms in total. The van der Waals surface area contributed by atoms with Gasteiger partial charge < -0.3 is 10.8 Å². The summed E-state index contributed by atoms with van der Waals surface area (Å²) < 4.78 is 0. The van der Waals surface area contributed by atoms with Crippen molar-refractivity contribution in [3.05, 3.63) is 29.3 Å². The Labute approximate surface area is 83.6 Å². The van der Waals surface area contributed by atoms with Crippen LogP contribution in [0.25, 0.3) is 0 Å². The van der Waals surface area contributed by atoms with Crippen molar-refractivity contribution in [2.24, 2.45) is 0 Å². The van der Waals surface area contributed by atoms with Crippen LogP contribution in [0, 0.1) is 0 Å². The highest BCUT2D eigenvalue weighted by Crippen LogP contribution is 2.16. The molecule has 0 amide bonds. The quantitative estimate of drug-likeness (QED) is 0.717. The minimum atomic E-state index is -0.788. The smallest absolute Gasteiger partial charge is 0.303 e. The van der Waals surface area contributed by atoms with Crippen LogP contribution in [0.4, 0.5) is 5.69 Å². The number of aliphatic carboxylic acids is 1. The molecule has 3 N–H and O–H groups in total. The Morgan fingerprint density at radius 1 is 1.50 bits per heavy atom. The minimum Gasteiger partial charge on any atom is -0.481 e. The molecule has 1 aromatic carbocycles. The van der Waals surface area contributed by atoms with Gasteiger partial charge in [-0.1, -0.05) is 19.1 Å². The lowest BCUT2D eigenvalue weighted by atomic mass is 10.0. The monoisotopic (exact) mass is 193 g/mol. The third-order valence-corrected chi connectivity index (χ3v) is 2.23. The van der Waals surface area contributed by atoms with Crippen molar-refractivity contribution in [3.63, 3.8) is 0 Å². The van der Waals surface area contributed by atoms with Gasteiger partial charge in [0, 0.05) is 12.1 Å². The highest BCUT2D eigenvalue weighted by atomic mass is 16.4. The molecule has 0 saturated heterocycles. The molecule has 0 saturated carbocycles. The van der Waals surface area contributed by atoms with E-state index in [1.54, 1.807) is 0 Å². The molecular formula is C11H15NO2. The SMILES string of the molecule is CCc1ccc(CCC(=O)O)c(N)c1. The molecule has 0 aliphatic heterocycles. The zero-order valence-electron chi connectivity index (χ0n) is 8.29. The van der Waals surface area contributed by atoms with E-state index in [2.05, 4.69) is 6.92 Å². The number of hydrogen-bond acceptors (Lipinski definition) is 2. The summed E-state index contributed by atoms with van der Waals surface area (Å²) in [5.74, 6) is -0.788. The summed E-state index contributed by atoms with van der Waals surface area (Å²) in [4.78, 5) is 10.4. The molecular weight excluding hydrogens is 178 g/mol. The van der Waals surface area contributed by atoms with Gasteiger partial charge >= 0.3 is 5.97 Å². The lowest BCUT2D eigenvalue weighted by Gasteiger charge is -2.05. The van der Waals surface area contributed by atoms with Crippen LogP contribution in [-0.4, -0.2) is 11.1 Å². The van der Waals surface area contributed by atoms with Gasteiger partial charge in [-0.2, -0.15) is 0 Å². The zero-order valence-corrected chi connectivity index (χ0v) is 8.29. The molecule has 0 aliphatic carbocycles. The van der Waals surface area contributed by atoms with Crippen LogP contribution < -0.4 is 5.73 Å². The normalized spacial score (nSPS) is 10.1. The predicted octanol–water partition coefficient (Wildman–Crippen LogP) is 1.85. The summed E-state index contributed by atoms with van der Waals surface area (Å²) in [6.45, 7) is 2.06. The summed E-state index contributed by atoms with van der Waals surface area (Å²) >= 11 is 0. The number of nitrogen functional groups attached to an aromatic ring is 1. The van der Waals surface area contributed by atoms with Crippen LogP contribution in [-0.2, 0) is 17.6 Å². The van der Waals surface area contributed by atoms with E-state index in [0.29, 0.717) is 12.1 Å². The summed E-state index contributed by atoms with van der Waals surface area (Å²) in [6.07, 6.45) is 1.59. The van der Waals surface area contributed by atoms with Gasteiger partial charge in [-0.05, 0) is 30.0 Å². The van der Waals surface area contributed by atoms with E-state index in [1.165, 1.54) is 5.56 Å². The molecule has 0 aromatic heterocycles. The Hall–Kier alpha value is -1.51. The van der Waals surface area contributed by atoms with Crippen LogP contribution in [0.15, 0.2) is 18.2 Å². The Balaban J connectivity index is 2.73. The van der Waals surface area contributed by atoms with E-state index < -0.39 is 5.97 Å². The van der Waals surface area contributed by atoms with Crippen molar-refractivity contribution in [2.45, 2.75) is 26.2 Å². The van der Waals surface area contributed by atoms with Crippen LogP contribution in [0.1, 0.15) is 24.5 Å². The van der Waals surface area contributed by atoms with E-state index in [1.807, 2.05) is 18.2 Å². The molecule has 0 unspecified atom stereocenters. The number of benzene rings is 1. The van der Waals surface area contributed by atoms with Crippen LogP contribution in [0.5, 0.6) is 0 Å². The summed E-state index contributed by atoms with van der Waals surface area (Å²) in [5.41, 5.74) is 8.59. The van der Waals surface area contributed by atoms with Gasteiger partial charge in [0.2, 0.25) is 0 Å². The Morgan fingerprint density at radius 2 is 2.21 bits per heavy atom. The van der Waals surface area contributed by atoms with Gasteiger partial charge in [-0.15, -0.1) is 0 Å². The van der Waals surface area contributed by atoms with Gasteiger partial charge in [0.1, 0.15) is 0 Å². The first-order chi connectivity index (χ1) is 6.63. The summed E-state index contributed by atoms with van der Waals surface area (Å²) in [7, 11) is 0. The molecule has 0 aliphatic rings. The second kappa shape index (κ2) is 4.65. The second-order valence-corrected chi connectivity index (χ2v) is 3.28. The van der Waals surface area contributed by atoms with Crippen molar-refractivity contribution < 1.29 is 9.90 Å². The molecule has 3 heteroatoms. The van der Waals surface area contributed by atoms with Crippen molar-refractivity contribution >= 4 is 11.7 Å². The van der Waals surface area contributed by atoms with Crippen molar-refractivity contribution in [1.82, 2.24) is 0 Å². The Bertz CT molecular complexity index is 334. The first kappa shape index (κ1) is 10.6. The van der Waals surface area contributed by atoms with Crippen molar-refractivity contribution in [2.75, 3.05) is 5.73 Å². The second-order valence-electron chi connectivity index (χ2n) is 3.28. The van der Waals surface area contributed by atoms with Gasteiger partial charge in [0.05, 0.1) is 0 Å². The van der Waals surface area contributed by atoms with Crippen LogP contribution in [0.3, 0.4) is 0 Å². The highest BCUT2D eigenvalue weighted by Gasteiger charge is 2.03. The molecule has 76 valence electrons. The third-order valence-electron chi connectivity index (χ3n) is 2.23. The highest BCUT2D eigenvalue weighted by molar-refractivity contribution is 5.67. The molecule has 0 radical (unpaired) electrons. The Morgan fingerprint density at radius 3 is 2.71 bits per heavy atom. The standard InChI is InChI=1S/C11H15NO2/c1-2-8-3-4-9(10(12)7-8)5-6-11(13)14/h3-4,7H,2,5-6,12H2,1H3,(H,13,14). The summed E-state index contributed by atoms with van der Waals surface area (Å²) in [5, 5.41) is 8.53. The molecule has 0 atom stereocenters. The lowest BCUT2D eigenvalue weighted by Crippen LogP contribution is -2.01. The zero-order chi connectivity index (χ0) is 10.6. The average Bonchev–Trinajstić information content (AvgIpc) is 2.15. The number of aryl methyl sites for hydroxylation is 2. The maximum absolute atomic E-state index is 10.4. The fraction of sp³-hybridized carbons (Fsp3) is 0.364. The van der Waals surface area contributed by atoms with Gasteiger partial charge in [0.25, 0.3) is 0 Å². The summed E-state index contributed by atoms with van der Waals surface area (Å²) in [6, 6.07) is 5.82. The van der Waals surface area contributed by atoms with E-state index >= 15 is 0 Å². The predicted molar refractivity (Wildman–Crippen MR) is 56.2 cm³/mol. The molecule has 0 spiro atoms. The maximum atomic E-state index is 10.4. The molecule has 0 fully saturated rings. The van der Waals surface area contributed by atoms with Gasteiger partial charge in [0.15, 0.2) is 0 Å². The largest absolute Gasteiger partial charge is 0.481 e. The van der Waals surface area contributed by atoms with Gasteiger partial charge in [-0.3, -0.25) is 4.79 Å². The molecule has 14 heavy (non-hydrogen) atoms. The molecule has 1 aromatic rings. The number of rotatable bonds is 4. The first-order valence-corrected chi connectivity index (χ1v) is 4.72. The van der Waals surface area contributed by atoms with E-state index in [9.17, 15) is 4.79 Å². The maximum Gasteiger partial charge on any atom is 0.303 e. The lowest BCUT2D eigenvalue weighted by molar-refractivity contribution is -0.136. The first-order valence-electron chi connectivity index (χ1n) is 4.72. The topological polar surface area (TPSA) is 63.3 Å². The van der Waals surface area contributed by atoms with E-state index in [0.717, 1.165) is 12.0 Å². The fourth-order valence-corrected chi connectivity index (χ4v) is 1.33. The van der Waals surface area contributed by atoms with Crippen molar-refractivity contribution in [1.29, 1.82) is 0 Å². The average molecular weight is 193 g/mol. The number of hydrogen-bond donors (Lipinski definition) is 2.